The van der Waals surface area contributed by atoms with E-state index in [1.54, 1.807) is 0 Å². The number of nitrogens with zero attached hydrogens (tertiary/aromatic N) is 3. The van der Waals surface area contributed by atoms with Crippen molar-refractivity contribution in [2.24, 2.45) is 0 Å². The molecule has 0 saturated carbocycles. The van der Waals surface area contributed by atoms with Gasteiger partial charge in [0.2, 0.25) is 5.13 Å². The zero-order valence-electron chi connectivity index (χ0n) is 16.2. The van der Waals surface area contributed by atoms with Crippen LogP contribution in [0.4, 0.5) is 32.8 Å². The molecular formula is C18H13F5N4O4S2. The second-order valence-electron chi connectivity index (χ2n) is 6.94. The van der Waals surface area contributed by atoms with Crippen molar-refractivity contribution in [1.82, 2.24) is 9.36 Å². The summed E-state index contributed by atoms with van der Waals surface area (Å²) >= 11 is 0.669. The molecule has 8 nitrogen and oxygen atoms in total. The van der Waals surface area contributed by atoms with E-state index in [4.69, 9.17) is 4.74 Å². The minimum Gasteiger partial charge on any atom is -0.454 e. The molecule has 33 heavy (non-hydrogen) atoms. The molecule has 2 heterocycles. The Bertz CT molecular complexity index is 1280. The number of aromatic nitrogens is 2. The van der Waals surface area contributed by atoms with Crippen LogP contribution < -0.4 is 14.4 Å². The third-order valence-electron chi connectivity index (χ3n) is 4.53. The van der Waals surface area contributed by atoms with Crippen LogP contribution in [0, 0.1) is 11.6 Å². The Morgan fingerprint density at radius 1 is 1.12 bits per heavy atom. The highest BCUT2D eigenvalue weighted by Gasteiger charge is 2.34. The van der Waals surface area contributed by atoms with Gasteiger partial charge in [-0.05, 0) is 12.1 Å². The van der Waals surface area contributed by atoms with Gasteiger partial charge >= 0.3 is 6.18 Å². The maximum absolute atomic E-state index is 14.6. The fourth-order valence-electron chi connectivity index (χ4n) is 2.96. The first kappa shape index (κ1) is 23.1. The first-order valence-corrected chi connectivity index (χ1v) is 11.3. The summed E-state index contributed by atoms with van der Waals surface area (Å²) in [5.74, 6) is -4.01. The summed E-state index contributed by atoms with van der Waals surface area (Å²) in [5, 5.41) is 9.23. The van der Waals surface area contributed by atoms with Crippen LogP contribution in [0.3, 0.4) is 0 Å². The van der Waals surface area contributed by atoms with Gasteiger partial charge in [-0.1, -0.05) is 0 Å². The molecule has 1 aromatic heterocycles. The first-order chi connectivity index (χ1) is 15.4. The SMILES string of the molecule is O=S(=O)(Nc1ncns1)c1cc(F)c(Oc2cc(N3CC(O)C3)cc(C(F)(F)F)c2)cc1F. The van der Waals surface area contributed by atoms with Crippen molar-refractivity contribution in [3.05, 3.63) is 53.9 Å². The lowest BCUT2D eigenvalue weighted by Gasteiger charge is -2.38. The topological polar surface area (TPSA) is 105 Å². The van der Waals surface area contributed by atoms with Crippen molar-refractivity contribution in [3.8, 4) is 11.5 Å². The largest absolute Gasteiger partial charge is 0.454 e. The number of rotatable bonds is 6. The number of alkyl halides is 3. The maximum atomic E-state index is 14.6. The Balaban J connectivity index is 1.65. The van der Waals surface area contributed by atoms with Crippen LogP contribution in [0.15, 0.2) is 41.6 Å². The summed E-state index contributed by atoms with van der Waals surface area (Å²) in [6.07, 6.45) is -4.39. The highest BCUT2D eigenvalue weighted by atomic mass is 32.2. The van der Waals surface area contributed by atoms with E-state index in [-0.39, 0.29) is 23.9 Å². The second kappa shape index (κ2) is 8.39. The quantitative estimate of drug-likeness (QED) is 0.490. The summed E-state index contributed by atoms with van der Waals surface area (Å²) < 4.78 is 104. The van der Waals surface area contributed by atoms with Crippen molar-refractivity contribution < 1.29 is 40.2 Å². The normalized spacial score (nSPS) is 14.8. The molecule has 176 valence electrons. The van der Waals surface area contributed by atoms with Gasteiger partial charge in [0.15, 0.2) is 11.6 Å². The smallest absolute Gasteiger partial charge is 0.416 e. The van der Waals surface area contributed by atoms with E-state index in [0.29, 0.717) is 29.7 Å². The average Bonchev–Trinajstić information content (AvgIpc) is 3.19. The summed E-state index contributed by atoms with van der Waals surface area (Å²) in [6.45, 7) is 0.190. The standard InChI is InChI=1S/C18H13F5N4O4S2/c19-13-5-16(33(29,30)26-17-24-8-25-32-17)14(20)4-15(13)31-12-2-9(18(21,22)23)1-10(3-12)27-6-11(28)7-27/h1-5,8,11,28H,6-7H2,(H,24,25,26). The van der Waals surface area contributed by atoms with Crippen molar-refractivity contribution in [1.29, 1.82) is 0 Å². The molecule has 1 aliphatic heterocycles. The van der Waals surface area contributed by atoms with E-state index >= 15 is 0 Å². The maximum Gasteiger partial charge on any atom is 0.416 e. The van der Waals surface area contributed by atoms with Crippen molar-refractivity contribution >= 4 is 32.4 Å². The van der Waals surface area contributed by atoms with Gasteiger partial charge < -0.3 is 14.7 Å². The molecule has 2 N–H and O–H groups in total. The number of sulfonamides is 1. The number of hydrogen-bond donors (Lipinski definition) is 2. The van der Waals surface area contributed by atoms with Gasteiger partial charge in [-0.3, -0.25) is 4.72 Å². The number of halogens is 5. The third-order valence-corrected chi connectivity index (χ3v) is 6.60. The number of nitrogens with one attached hydrogen (secondary N) is 1. The van der Waals surface area contributed by atoms with Crippen molar-refractivity contribution in [2.75, 3.05) is 22.7 Å². The monoisotopic (exact) mass is 508 g/mol. The van der Waals surface area contributed by atoms with E-state index in [1.807, 2.05) is 4.72 Å². The predicted octanol–water partition coefficient (Wildman–Crippen LogP) is 3.61. The van der Waals surface area contributed by atoms with Crippen LogP contribution in [-0.2, 0) is 16.2 Å². The van der Waals surface area contributed by atoms with Crippen molar-refractivity contribution in [2.45, 2.75) is 17.2 Å². The molecule has 0 spiro atoms. The lowest BCUT2D eigenvalue weighted by atomic mass is 10.1. The molecule has 0 atom stereocenters. The summed E-state index contributed by atoms with van der Waals surface area (Å²) in [4.78, 5) is 3.97. The van der Waals surface area contributed by atoms with E-state index in [9.17, 15) is 35.5 Å². The molecule has 1 aliphatic rings. The number of anilines is 2. The first-order valence-electron chi connectivity index (χ1n) is 9.04. The van der Waals surface area contributed by atoms with Gasteiger partial charge in [0, 0.05) is 48.5 Å². The van der Waals surface area contributed by atoms with Gasteiger partial charge in [0.25, 0.3) is 10.0 Å². The van der Waals surface area contributed by atoms with E-state index in [2.05, 4.69) is 9.36 Å². The molecule has 15 heteroatoms. The van der Waals surface area contributed by atoms with Crippen LogP contribution in [0.1, 0.15) is 5.56 Å². The molecule has 0 radical (unpaired) electrons. The minimum atomic E-state index is -4.75. The van der Waals surface area contributed by atoms with Gasteiger partial charge in [-0.25, -0.2) is 22.2 Å². The molecule has 0 bridgehead atoms. The molecule has 0 aliphatic carbocycles. The average molecular weight is 508 g/mol. The number of β-amino-alcohol motifs (C(OH)–C–C–N with tert-alkyl or cyclic N) is 1. The molecule has 2 aromatic carbocycles. The van der Waals surface area contributed by atoms with E-state index in [1.165, 1.54) is 11.0 Å². The predicted molar refractivity (Wildman–Crippen MR) is 107 cm³/mol. The van der Waals surface area contributed by atoms with Gasteiger partial charge in [0.1, 0.15) is 22.8 Å². The third kappa shape index (κ3) is 4.99. The number of aliphatic hydroxyl groups is 1. The molecule has 0 unspecified atom stereocenters. The Morgan fingerprint density at radius 2 is 1.85 bits per heavy atom. The fourth-order valence-corrected chi connectivity index (χ4v) is 4.70. The zero-order chi connectivity index (χ0) is 24.0. The van der Waals surface area contributed by atoms with Crippen LogP contribution >= 0.6 is 11.5 Å². The number of aliphatic hydroxyl groups excluding tert-OH is 1. The Labute approximate surface area is 187 Å². The van der Waals surface area contributed by atoms with Gasteiger partial charge in [0.05, 0.1) is 11.7 Å². The summed E-state index contributed by atoms with van der Waals surface area (Å²) in [7, 11) is -4.56. The highest BCUT2D eigenvalue weighted by molar-refractivity contribution is 7.93. The van der Waals surface area contributed by atoms with Crippen LogP contribution in [0.5, 0.6) is 11.5 Å². The lowest BCUT2D eigenvalue weighted by molar-refractivity contribution is -0.137. The lowest BCUT2D eigenvalue weighted by Crippen LogP contribution is -2.50. The molecule has 1 fully saturated rings. The molecule has 0 amide bonds. The molecular weight excluding hydrogens is 495 g/mol. The number of benzene rings is 2. The number of hydrogen-bond acceptors (Lipinski definition) is 8. The van der Waals surface area contributed by atoms with E-state index < -0.39 is 55.9 Å². The highest BCUT2D eigenvalue weighted by Crippen LogP contribution is 2.38. The summed E-state index contributed by atoms with van der Waals surface area (Å²) in [6, 6.07) is 3.36. The van der Waals surface area contributed by atoms with Crippen molar-refractivity contribution in [3.63, 3.8) is 0 Å². The fraction of sp³-hybridized carbons (Fsp3) is 0.222. The van der Waals surface area contributed by atoms with E-state index in [0.717, 1.165) is 12.4 Å². The Morgan fingerprint density at radius 3 is 2.45 bits per heavy atom. The van der Waals surface area contributed by atoms with Gasteiger partial charge in [-0.15, -0.1) is 0 Å². The molecule has 1 saturated heterocycles. The Hall–Kier alpha value is -3.04. The zero-order valence-corrected chi connectivity index (χ0v) is 17.8. The Kier molecular flexibility index (Phi) is 5.88. The van der Waals surface area contributed by atoms with Gasteiger partial charge in [-0.2, -0.15) is 17.5 Å². The van der Waals surface area contributed by atoms with Crippen LogP contribution in [0.2, 0.25) is 0 Å². The molecule has 3 aromatic rings. The summed E-state index contributed by atoms with van der Waals surface area (Å²) in [5.41, 5.74) is -1.04. The number of ether oxygens (including phenoxy) is 1. The minimum absolute atomic E-state index is 0.0615. The van der Waals surface area contributed by atoms with Crippen LogP contribution in [-0.4, -0.2) is 42.1 Å². The second-order valence-corrected chi connectivity index (χ2v) is 9.37. The molecule has 4 rings (SSSR count). The van der Waals surface area contributed by atoms with Crippen LogP contribution in [0.25, 0.3) is 0 Å².